The fraction of sp³-hybridized carbons (Fsp3) is 0.556. The van der Waals surface area contributed by atoms with Gasteiger partial charge >= 0.3 is 0 Å². The van der Waals surface area contributed by atoms with E-state index in [1.54, 1.807) is 0 Å². The highest BCUT2D eigenvalue weighted by Gasteiger charge is 2.16. The Morgan fingerprint density at radius 1 is 1.31 bits per heavy atom. The van der Waals surface area contributed by atoms with Crippen molar-refractivity contribution >= 4 is 17.6 Å². The second-order valence-corrected chi connectivity index (χ2v) is 4.63. The summed E-state index contributed by atoms with van der Waals surface area (Å²) in [4.78, 5) is 8.04. The SMILES string of the molecule is Nc1cc(SC2CCCC2)ncn1. The van der Waals surface area contributed by atoms with Crippen molar-refractivity contribution in [3.8, 4) is 0 Å². The minimum Gasteiger partial charge on any atom is -0.384 e. The Labute approximate surface area is 82.2 Å². The average Bonchev–Trinajstić information content (AvgIpc) is 2.57. The number of nitrogens with two attached hydrogens (primary N) is 1. The van der Waals surface area contributed by atoms with E-state index < -0.39 is 0 Å². The summed E-state index contributed by atoms with van der Waals surface area (Å²) >= 11 is 1.83. The van der Waals surface area contributed by atoms with Crippen molar-refractivity contribution in [1.82, 2.24) is 9.97 Å². The molecule has 13 heavy (non-hydrogen) atoms. The molecule has 0 spiro atoms. The number of rotatable bonds is 2. The lowest BCUT2D eigenvalue weighted by atomic mass is 10.4. The van der Waals surface area contributed by atoms with Gasteiger partial charge in [-0.05, 0) is 12.8 Å². The van der Waals surface area contributed by atoms with E-state index in [4.69, 9.17) is 5.73 Å². The first-order valence-corrected chi connectivity index (χ1v) is 5.47. The highest BCUT2D eigenvalue weighted by Crippen LogP contribution is 2.33. The van der Waals surface area contributed by atoms with E-state index >= 15 is 0 Å². The van der Waals surface area contributed by atoms with Crippen molar-refractivity contribution in [2.75, 3.05) is 5.73 Å². The van der Waals surface area contributed by atoms with Crippen LogP contribution in [0.4, 0.5) is 5.82 Å². The fourth-order valence-corrected chi connectivity index (χ4v) is 2.80. The maximum atomic E-state index is 5.57. The lowest BCUT2D eigenvalue weighted by Crippen LogP contribution is -1.97. The summed E-state index contributed by atoms with van der Waals surface area (Å²) in [5, 5.41) is 1.76. The molecule has 1 heterocycles. The van der Waals surface area contributed by atoms with Crippen molar-refractivity contribution in [2.45, 2.75) is 36.0 Å². The van der Waals surface area contributed by atoms with Crippen LogP contribution in [-0.2, 0) is 0 Å². The summed E-state index contributed by atoms with van der Waals surface area (Å²) < 4.78 is 0. The predicted octanol–water partition coefficient (Wildman–Crippen LogP) is 2.09. The van der Waals surface area contributed by atoms with Crippen molar-refractivity contribution < 1.29 is 0 Å². The summed E-state index contributed by atoms with van der Waals surface area (Å²) in [6.45, 7) is 0. The Balaban J connectivity index is 2.00. The number of hydrogen-bond acceptors (Lipinski definition) is 4. The smallest absolute Gasteiger partial charge is 0.127 e. The number of nitrogen functional groups attached to an aromatic ring is 1. The zero-order valence-corrected chi connectivity index (χ0v) is 8.26. The van der Waals surface area contributed by atoms with Crippen LogP contribution in [0, 0.1) is 0 Å². The van der Waals surface area contributed by atoms with Crippen LogP contribution in [0.5, 0.6) is 0 Å². The first-order valence-electron chi connectivity index (χ1n) is 4.59. The molecule has 3 nitrogen and oxygen atoms in total. The van der Waals surface area contributed by atoms with E-state index in [0.717, 1.165) is 10.3 Å². The molecule has 4 heteroatoms. The molecule has 2 N–H and O–H groups in total. The van der Waals surface area contributed by atoms with Gasteiger partial charge in [0.25, 0.3) is 0 Å². The standard InChI is InChI=1S/C9H13N3S/c10-8-5-9(12-6-11-8)13-7-3-1-2-4-7/h5-7H,1-4H2,(H2,10,11,12). The molecule has 1 aliphatic carbocycles. The molecule has 1 aromatic heterocycles. The third kappa shape index (κ3) is 2.34. The van der Waals surface area contributed by atoms with Crippen LogP contribution < -0.4 is 5.73 Å². The van der Waals surface area contributed by atoms with Gasteiger partial charge < -0.3 is 5.73 Å². The van der Waals surface area contributed by atoms with Crippen molar-refractivity contribution in [3.63, 3.8) is 0 Å². The molecule has 0 saturated heterocycles. The maximum absolute atomic E-state index is 5.57. The summed E-state index contributed by atoms with van der Waals surface area (Å²) in [5.41, 5.74) is 5.57. The molecule has 1 saturated carbocycles. The van der Waals surface area contributed by atoms with E-state index in [1.165, 1.54) is 32.0 Å². The molecule has 0 aromatic carbocycles. The van der Waals surface area contributed by atoms with Gasteiger partial charge in [0.1, 0.15) is 17.2 Å². The summed E-state index contributed by atoms with van der Waals surface area (Å²) in [6.07, 6.45) is 6.88. The molecule has 70 valence electrons. The first kappa shape index (κ1) is 8.81. The predicted molar refractivity (Wildman–Crippen MR) is 54.6 cm³/mol. The topological polar surface area (TPSA) is 51.8 Å². The molecule has 1 aromatic rings. The third-order valence-corrected chi connectivity index (χ3v) is 3.52. The Hall–Kier alpha value is -0.770. The van der Waals surface area contributed by atoms with E-state index in [9.17, 15) is 0 Å². The highest BCUT2D eigenvalue weighted by molar-refractivity contribution is 7.99. The Kier molecular flexibility index (Phi) is 2.68. The molecular weight excluding hydrogens is 182 g/mol. The molecule has 0 atom stereocenters. The second-order valence-electron chi connectivity index (χ2n) is 3.31. The lowest BCUT2D eigenvalue weighted by molar-refractivity contribution is 0.886. The number of hydrogen-bond donors (Lipinski definition) is 1. The molecule has 0 amide bonds. The monoisotopic (exact) mass is 195 g/mol. The number of nitrogens with zero attached hydrogens (tertiary/aromatic N) is 2. The van der Waals surface area contributed by atoms with Crippen LogP contribution >= 0.6 is 11.8 Å². The number of thioether (sulfide) groups is 1. The third-order valence-electron chi connectivity index (χ3n) is 2.25. The van der Waals surface area contributed by atoms with Crippen LogP contribution in [0.1, 0.15) is 25.7 Å². The zero-order chi connectivity index (χ0) is 9.10. The second kappa shape index (κ2) is 3.96. The van der Waals surface area contributed by atoms with Gasteiger partial charge in [0.05, 0.1) is 0 Å². The molecular formula is C9H13N3S. The largest absolute Gasteiger partial charge is 0.384 e. The van der Waals surface area contributed by atoms with Gasteiger partial charge in [-0.3, -0.25) is 0 Å². The summed E-state index contributed by atoms with van der Waals surface area (Å²) in [6, 6.07) is 1.85. The lowest BCUT2D eigenvalue weighted by Gasteiger charge is -2.06. The Bertz CT molecular complexity index is 284. The first-order chi connectivity index (χ1) is 6.34. The van der Waals surface area contributed by atoms with Crippen molar-refractivity contribution in [2.24, 2.45) is 0 Å². The van der Waals surface area contributed by atoms with Gasteiger partial charge in [0, 0.05) is 11.3 Å². The zero-order valence-electron chi connectivity index (χ0n) is 7.44. The summed E-state index contributed by atoms with van der Waals surface area (Å²) in [7, 11) is 0. The normalized spacial score (nSPS) is 17.8. The van der Waals surface area contributed by atoms with E-state index in [2.05, 4.69) is 9.97 Å². The molecule has 2 rings (SSSR count). The van der Waals surface area contributed by atoms with Crippen LogP contribution in [0.3, 0.4) is 0 Å². The molecule has 1 aliphatic rings. The fourth-order valence-electron chi connectivity index (χ4n) is 1.59. The van der Waals surface area contributed by atoms with E-state index in [0.29, 0.717) is 5.82 Å². The molecule has 0 bridgehead atoms. The van der Waals surface area contributed by atoms with Gasteiger partial charge in [-0.2, -0.15) is 0 Å². The molecule has 0 aliphatic heterocycles. The minimum atomic E-state index is 0.565. The Morgan fingerprint density at radius 2 is 2.08 bits per heavy atom. The number of aromatic nitrogens is 2. The van der Waals surface area contributed by atoms with Gasteiger partial charge in [-0.25, -0.2) is 9.97 Å². The highest BCUT2D eigenvalue weighted by atomic mass is 32.2. The summed E-state index contributed by atoms with van der Waals surface area (Å²) in [5.74, 6) is 0.565. The van der Waals surface area contributed by atoms with Crippen molar-refractivity contribution in [3.05, 3.63) is 12.4 Å². The Morgan fingerprint density at radius 3 is 2.77 bits per heavy atom. The van der Waals surface area contributed by atoms with Gasteiger partial charge in [0.15, 0.2) is 0 Å². The maximum Gasteiger partial charge on any atom is 0.127 e. The van der Waals surface area contributed by atoms with Crippen LogP contribution in [0.25, 0.3) is 0 Å². The van der Waals surface area contributed by atoms with Crippen LogP contribution in [-0.4, -0.2) is 15.2 Å². The van der Waals surface area contributed by atoms with Gasteiger partial charge in [0.2, 0.25) is 0 Å². The van der Waals surface area contributed by atoms with E-state index in [-0.39, 0.29) is 0 Å². The van der Waals surface area contributed by atoms with Crippen LogP contribution in [0.2, 0.25) is 0 Å². The van der Waals surface area contributed by atoms with Gasteiger partial charge in [-0.1, -0.05) is 12.8 Å². The molecule has 1 fully saturated rings. The number of anilines is 1. The molecule has 0 unspecified atom stereocenters. The van der Waals surface area contributed by atoms with Gasteiger partial charge in [-0.15, -0.1) is 11.8 Å². The average molecular weight is 195 g/mol. The van der Waals surface area contributed by atoms with Crippen molar-refractivity contribution in [1.29, 1.82) is 0 Å². The van der Waals surface area contributed by atoms with Crippen LogP contribution in [0.15, 0.2) is 17.4 Å². The van der Waals surface area contributed by atoms with E-state index in [1.807, 2.05) is 17.8 Å². The minimum absolute atomic E-state index is 0.565. The quantitative estimate of drug-likeness (QED) is 0.734. The molecule has 0 radical (unpaired) electrons.